The Balaban J connectivity index is 1.24. The lowest BCUT2D eigenvalue weighted by Gasteiger charge is -2.35. The summed E-state index contributed by atoms with van der Waals surface area (Å²) in [5.41, 5.74) is 5.00. The first-order valence-electron chi connectivity index (χ1n) is 10.8. The van der Waals surface area contributed by atoms with Crippen LogP contribution in [0, 0.1) is 25.7 Å². The molecule has 1 N–H and O–H groups in total. The van der Waals surface area contributed by atoms with Crippen LogP contribution in [0.5, 0.6) is 5.75 Å². The van der Waals surface area contributed by atoms with E-state index in [1.807, 2.05) is 32.0 Å². The van der Waals surface area contributed by atoms with Gasteiger partial charge in [0.25, 0.3) is 0 Å². The highest BCUT2D eigenvalue weighted by Crippen LogP contribution is 2.38. The van der Waals surface area contributed by atoms with E-state index in [-0.39, 0.29) is 6.10 Å². The van der Waals surface area contributed by atoms with Crippen molar-refractivity contribution in [1.29, 1.82) is 0 Å². The molecule has 156 valence electrons. The molecule has 0 amide bonds. The zero-order valence-electron chi connectivity index (χ0n) is 17.5. The van der Waals surface area contributed by atoms with Crippen LogP contribution in [0.25, 0.3) is 11.0 Å². The molecule has 1 aliphatic carbocycles. The summed E-state index contributed by atoms with van der Waals surface area (Å²) < 4.78 is 6.22. The molecule has 0 bridgehead atoms. The van der Waals surface area contributed by atoms with E-state index in [4.69, 9.17) is 4.74 Å². The number of hydrogen-bond donors (Lipinski definition) is 1. The number of rotatable bonds is 4. The standard InChI is InChI=1S/C24H28N4O2/c1-15-3-6-23(16(2)27-15)30-24-11-19-14-28(13-18(19)10-22(24)29)12-17-4-5-20-21(9-17)26-8-7-25-20/h3-9,18-19,22,24,29H,10-14H2,1-2H3/t18-,19+,22+,24+/m0/s1. The SMILES string of the molecule is Cc1ccc(O[C@@H]2C[C@@H]3CN(Cc4ccc5nccnc5c4)C[C@@H]3C[C@H]2O)c(C)n1. The van der Waals surface area contributed by atoms with E-state index in [0.29, 0.717) is 11.8 Å². The summed E-state index contributed by atoms with van der Waals surface area (Å²) >= 11 is 0. The van der Waals surface area contributed by atoms with Gasteiger partial charge in [-0.1, -0.05) is 6.07 Å². The molecule has 6 heteroatoms. The van der Waals surface area contributed by atoms with Crippen molar-refractivity contribution in [3.05, 3.63) is 59.7 Å². The number of benzene rings is 1. The van der Waals surface area contributed by atoms with Crippen LogP contribution in [0.15, 0.2) is 42.7 Å². The van der Waals surface area contributed by atoms with E-state index in [1.54, 1.807) is 12.4 Å². The quantitative estimate of drug-likeness (QED) is 0.720. The molecule has 0 spiro atoms. The maximum Gasteiger partial charge on any atom is 0.141 e. The molecule has 30 heavy (non-hydrogen) atoms. The minimum Gasteiger partial charge on any atom is -0.486 e. The van der Waals surface area contributed by atoms with Crippen molar-refractivity contribution in [2.75, 3.05) is 13.1 Å². The Labute approximate surface area is 176 Å². The van der Waals surface area contributed by atoms with Gasteiger partial charge in [-0.3, -0.25) is 19.9 Å². The van der Waals surface area contributed by atoms with Gasteiger partial charge in [-0.05, 0) is 68.4 Å². The van der Waals surface area contributed by atoms with Crippen molar-refractivity contribution in [3.8, 4) is 5.75 Å². The third kappa shape index (κ3) is 3.89. The van der Waals surface area contributed by atoms with E-state index >= 15 is 0 Å². The van der Waals surface area contributed by atoms with Gasteiger partial charge in [-0.15, -0.1) is 0 Å². The second kappa shape index (κ2) is 7.93. The predicted molar refractivity (Wildman–Crippen MR) is 115 cm³/mol. The molecule has 0 radical (unpaired) electrons. The first-order valence-corrected chi connectivity index (χ1v) is 10.8. The molecule has 4 atom stereocenters. The lowest BCUT2D eigenvalue weighted by molar-refractivity contribution is -0.0236. The van der Waals surface area contributed by atoms with Gasteiger partial charge < -0.3 is 9.84 Å². The topological polar surface area (TPSA) is 71.4 Å². The van der Waals surface area contributed by atoms with Gasteiger partial charge >= 0.3 is 0 Å². The third-order valence-corrected chi connectivity index (χ3v) is 6.56. The van der Waals surface area contributed by atoms with Crippen LogP contribution >= 0.6 is 0 Å². The molecule has 1 saturated carbocycles. The van der Waals surface area contributed by atoms with Crippen molar-refractivity contribution in [2.45, 2.75) is 45.4 Å². The van der Waals surface area contributed by atoms with E-state index in [0.717, 1.165) is 60.6 Å². The Morgan fingerprint density at radius 3 is 2.57 bits per heavy atom. The summed E-state index contributed by atoms with van der Waals surface area (Å²) in [4.78, 5) is 15.8. The van der Waals surface area contributed by atoms with Gasteiger partial charge in [0.15, 0.2) is 0 Å². The van der Waals surface area contributed by atoms with E-state index in [1.165, 1.54) is 5.56 Å². The van der Waals surface area contributed by atoms with E-state index in [2.05, 4.69) is 32.0 Å². The lowest BCUT2D eigenvalue weighted by atomic mass is 9.78. The number of aryl methyl sites for hydroxylation is 2. The van der Waals surface area contributed by atoms with Crippen LogP contribution < -0.4 is 4.74 Å². The normalized spacial score (nSPS) is 26.6. The predicted octanol–water partition coefficient (Wildman–Crippen LogP) is 3.29. The van der Waals surface area contributed by atoms with Crippen molar-refractivity contribution in [3.63, 3.8) is 0 Å². The van der Waals surface area contributed by atoms with Crippen molar-refractivity contribution >= 4 is 11.0 Å². The smallest absolute Gasteiger partial charge is 0.141 e. The fraction of sp³-hybridized carbons (Fsp3) is 0.458. The summed E-state index contributed by atoms with van der Waals surface area (Å²) in [6.45, 7) is 6.92. The Kier molecular flexibility index (Phi) is 5.13. The monoisotopic (exact) mass is 404 g/mol. The Bertz CT molecular complexity index is 1060. The van der Waals surface area contributed by atoms with Crippen molar-refractivity contribution < 1.29 is 9.84 Å². The molecular formula is C24H28N4O2. The van der Waals surface area contributed by atoms with Crippen LogP contribution in [-0.4, -0.2) is 50.3 Å². The van der Waals surface area contributed by atoms with Crippen molar-refractivity contribution in [1.82, 2.24) is 19.9 Å². The van der Waals surface area contributed by atoms with Crippen LogP contribution in [0.2, 0.25) is 0 Å². The number of aliphatic hydroxyl groups is 1. The van der Waals surface area contributed by atoms with Crippen LogP contribution in [0.3, 0.4) is 0 Å². The van der Waals surface area contributed by atoms with Crippen molar-refractivity contribution in [2.24, 2.45) is 11.8 Å². The third-order valence-electron chi connectivity index (χ3n) is 6.56. The summed E-state index contributed by atoms with van der Waals surface area (Å²) in [7, 11) is 0. The van der Waals surface area contributed by atoms with E-state index < -0.39 is 6.10 Å². The summed E-state index contributed by atoms with van der Waals surface area (Å²) in [6, 6.07) is 10.3. The largest absolute Gasteiger partial charge is 0.486 e. The first-order chi connectivity index (χ1) is 14.5. The molecule has 0 unspecified atom stereocenters. The number of aromatic nitrogens is 3. The molecule has 5 rings (SSSR count). The number of aliphatic hydroxyl groups excluding tert-OH is 1. The highest BCUT2D eigenvalue weighted by molar-refractivity contribution is 5.74. The Morgan fingerprint density at radius 2 is 1.77 bits per heavy atom. The number of nitrogens with zero attached hydrogens (tertiary/aromatic N) is 4. The second-order valence-corrected chi connectivity index (χ2v) is 8.82. The Morgan fingerprint density at radius 1 is 1.00 bits per heavy atom. The summed E-state index contributed by atoms with van der Waals surface area (Å²) in [5.74, 6) is 1.87. The summed E-state index contributed by atoms with van der Waals surface area (Å²) in [5, 5.41) is 10.7. The maximum absolute atomic E-state index is 10.7. The first kappa shape index (κ1) is 19.4. The molecule has 6 nitrogen and oxygen atoms in total. The molecule has 1 aromatic carbocycles. The summed E-state index contributed by atoms with van der Waals surface area (Å²) in [6.07, 6.45) is 4.56. The Hall–Kier alpha value is -2.57. The van der Waals surface area contributed by atoms with Gasteiger partial charge in [-0.25, -0.2) is 0 Å². The molecular weight excluding hydrogens is 376 g/mol. The fourth-order valence-electron chi connectivity index (χ4n) is 5.07. The number of hydrogen-bond acceptors (Lipinski definition) is 6. The highest BCUT2D eigenvalue weighted by atomic mass is 16.5. The number of ether oxygens (including phenoxy) is 1. The van der Waals surface area contributed by atoms with Gasteiger partial charge in [0.1, 0.15) is 11.9 Å². The van der Waals surface area contributed by atoms with Gasteiger partial charge in [0.2, 0.25) is 0 Å². The van der Waals surface area contributed by atoms with Gasteiger partial charge in [0.05, 0.1) is 22.8 Å². The molecule has 3 aromatic rings. The van der Waals surface area contributed by atoms with Crippen LogP contribution in [0.1, 0.15) is 29.8 Å². The van der Waals surface area contributed by atoms with Crippen LogP contribution in [0.4, 0.5) is 0 Å². The molecule has 2 aliphatic rings. The molecule has 1 saturated heterocycles. The average Bonchev–Trinajstić information content (AvgIpc) is 3.11. The highest BCUT2D eigenvalue weighted by Gasteiger charge is 2.42. The van der Waals surface area contributed by atoms with Crippen LogP contribution in [-0.2, 0) is 6.54 Å². The zero-order valence-corrected chi connectivity index (χ0v) is 17.5. The van der Waals surface area contributed by atoms with E-state index in [9.17, 15) is 5.11 Å². The second-order valence-electron chi connectivity index (χ2n) is 8.82. The molecule has 2 fully saturated rings. The molecule has 2 aromatic heterocycles. The minimum absolute atomic E-state index is 0.162. The maximum atomic E-state index is 10.7. The number of fused-ring (bicyclic) bond motifs is 2. The minimum atomic E-state index is -0.428. The van der Waals surface area contributed by atoms with Gasteiger partial charge in [0, 0.05) is 37.7 Å². The number of likely N-dealkylation sites (tertiary alicyclic amines) is 1. The lowest BCUT2D eigenvalue weighted by Crippen LogP contribution is -2.42. The zero-order chi connectivity index (χ0) is 20.7. The molecule has 1 aliphatic heterocycles. The number of pyridine rings is 1. The fourth-order valence-corrected chi connectivity index (χ4v) is 5.07. The average molecular weight is 405 g/mol. The van der Waals surface area contributed by atoms with Gasteiger partial charge in [-0.2, -0.15) is 0 Å². The molecule has 3 heterocycles.